The lowest BCUT2D eigenvalue weighted by Gasteiger charge is -2.26. The van der Waals surface area contributed by atoms with Gasteiger partial charge in [-0.3, -0.25) is 0 Å². The highest BCUT2D eigenvalue weighted by Gasteiger charge is 2.31. The molecule has 0 saturated heterocycles. The number of carboxylic acid groups (broad SMARTS) is 1. The third-order valence-electron chi connectivity index (χ3n) is 5.45. The van der Waals surface area contributed by atoms with Crippen LogP contribution in [0.5, 0.6) is 5.75 Å². The van der Waals surface area contributed by atoms with Crippen LogP contribution in [0.1, 0.15) is 24.1 Å². The van der Waals surface area contributed by atoms with Gasteiger partial charge >= 0.3 is 12.1 Å². The van der Waals surface area contributed by atoms with Gasteiger partial charge in [0, 0.05) is 18.7 Å². The Hall–Kier alpha value is -3.51. The van der Waals surface area contributed by atoms with Crippen LogP contribution in [0.4, 0.5) is 22.0 Å². The van der Waals surface area contributed by atoms with Crippen LogP contribution in [0, 0.1) is 11.6 Å². The predicted molar refractivity (Wildman–Crippen MR) is 120 cm³/mol. The summed E-state index contributed by atoms with van der Waals surface area (Å²) in [4.78, 5) is 10.5. The minimum absolute atomic E-state index is 0.0289. The fraction of sp³-hybridized carbons (Fsp3) is 0.208. The number of halogens is 5. The minimum Gasteiger partial charge on any atom is -0.481 e. The molecule has 192 valence electrons. The van der Waals surface area contributed by atoms with Crippen LogP contribution >= 0.6 is 0 Å². The second-order valence-electron chi connectivity index (χ2n) is 7.79. The van der Waals surface area contributed by atoms with Gasteiger partial charge in [-0.1, -0.05) is 18.2 Å². The molecule has 0 bridgehead atoms. The number of hydrogen-bond acceptors (Lipinski definition) is 4. The normalized spacial score (nSPS) is 13.0. The van der Waals surface area contributed by atoms with Crippen molar-refractivity contribution in [3.8, 4) is 16.9 Å². The van der Waals surface area contributed by atoms with Crippen LogP contribution in [0.3, 0.4) is 0 Å². The van der Waals surface area contributed by atoms with Crippen LogP contribution < -0.4 is 4.74 Å². The molecule has 6 nitrogen and oxygen atoms in total. The fourth-order valence-corrected chi connectivity index (χ4v) is 4.75. The van der Waals surface area contributed by atoms with E-state index < -0.39 is 56.9 Å². The Morgan fingerprint density at radius 3 is 2.33 bits per heavy atom. The Balaban J connectivity index is 2.06. The molecule has 0 radical (unpaired) electrons. The van der Waals surface area contributed by atoms with Gasteiger partial charge in [-0.05, 0) is 60.5 Å². The van der Waals surface area contributed by atoms with Gasteiger partial charge < -0.3 is 9.84 Å². The molecule has 0 fully saturated rings. The molecular formula is C24H20F5NO5S. The summed E-state index contributed by atoms with van der Waals surface area (Å²) in [5.41, 5.74) is -0.463. The predicted octanol–water partition coefficient (Wildman–Crippen LogP) is 5.50. The van der Waals surface area contributed by atoms with Gasteiger partial charge in [0.15, 0.2) is 18.2 Å². The SMILES string of the molecule is CC(c1ccc(OCC(=O)O)c(-c2cccc(C(F)(F)F)c2)c1)N(C)S(=O)(=O)c1ccc(F)c(F)c1. The topological polar surface area (TPSA) is 83.9 Å². The molecule has 12 heteroatoms. The van der Waals surface area contributed by atoms with E-state index in [-0.39, 0.29) is 16.9 Å². The number of alkyl halides is 3. The molecule has 0 aliphatic heterocycles. The van der Waals surface area contributed by atoms with Crippen LogP contribution in [0.15, 0.2) is 65.6 Å². The third-order valence-corrected chi connectivity index (χ3v) is 7.38. The molecule has 0 aliphatic rings. The summed E-state index contributed by atoms with van der Waals surface area (Å²) >= 11 is 0. The van der Waals surface area contributed by atoms with E-state index in [1.807, 2.05) is 0 Å². The molecule has 1 N–H and O–H groups in total. The number of carbonyl (C=O) groups is 1. The minimum atomic E-state index is -4.64. The second-order valence-corrected chi connectivity index (χ2v) is 9.79. The molecule has 1 atom stereocenters. The smallest absolute Gasteiger partial charge is 0.416 e. The summed E-state index contributed by atoms with van der Waals surface area (Å²) in [6.07, 6.45) is -4.64. The molecule has 0 spiro atoms. The van der Waals surface area contributed by atoms with E-state index in [0.29, 0.717) is 17.7 Å². The van der Waals surface area contributed by atoms with Crippen molar-refractivity contribution in [2.45, 2.75) is 24.0 Å². The third kappa shape index (κ3) is 5.82. The van der Waals surface area contributed by atoms with Gasteiger partial charge in [-0.15, -0.1) is 0 Å². The molecule has 0 aromatic heterocycles. The van der Waals surface area contributed by atoms with Crippen molar-refractivity contribution in [3.05, 3.63) is 83.4 Å². The number of rotatable bonds is 8. The fourth-order valence-electron chi connectivity index (χ4n) is 3.38. The van der Waals surface area contributed by atoms with Crippen LogP contribution in [0.2, 0.25) is 0 Å². The molecule has 0 aliphatic carbocycles. The van der Waals surface area contributed by atoms with Crippen molar-refractivity contribution in [1.82, 2.24) is 4.31 Å². The van der Waals surface area contributed by atoms with Crippen molar-refractivity contribution in [2.75, 3.05) is 13.7 Å². The Morgan fingerprint density at radius 1 is 1.03 bits per heavy atom. The summed E-state index contributed by atoms with van der Waals surface area (Å²) in [7, 11) is -3.08. The van der Waals surface area contributed by atoms with Crippen LogP contribution in [-0.2, 0) is 21.0 Å². The summed E-state index contributed by atoms with van der Waals surface area (Å²) in [5, 5.41) is 8.94. The lowest BCUT2D eigenvalue weighted by molar-refractivity contribution is -0.139. The van der Waals surface area contributed by atoms with Crippen molar-refractivity contribution in [1.29, 1.82) is 0 Å². The lowest BCUT2D eigenvalue weighted by Crippen LogP contribution is -2.30. The second kappa shape index (κ2) is 10.2. The maximum Gasteiger partial charge on any atom is 0.416 e. The molecular weight excluding hydrogens is 509 g/mol. The molecule has 1 unspecified atom stereocenters. The van der Waals surface area contributed by atoms with Crippen molar-refractivity contribution in [3.63, 3.8) is 0 Å². The first kappa shape index (κ1) is 27.1. The molecule has 36 heavy (non-hydrogen) atoms. The summed E-state index contributed by atoms with van der Waals surface area (Å²) in [6.45, 7) is 0.728. The van der Waals surface area contributed by atoms with E-state index in [9.17, 15) is 35.2 Å². The van der Waals surface area contributed by atoms with Crippen LogP contribution in [-0.4, -0.2) is 37.5 Å². The van der Waals surface area contributed by atoms with E-state index in [4.69, 9.17) is 9.84 Å². The first-order valence-electron chi connectivity index (χ1n) is 10.3. The number of ether oxygens (including phenoxy) is 1. The largest absolute Gasteiger partial charge is 0.481 e. The zero-order valence-corrected chi connectivity index (χ0v) is 19.7. The van der Waals surface area contributed by atoms with E-state index in [1.165, 1.54) is 44.3 Å². The summed E-state index contributed by atoms with van der Waals surface area (Å²) < 4.78 is 98.8. The number of hydrogen-bond donors (Lipinski definition) is 1. The van der Waals surface area contributed by atoms with E-state index in [0.717, 1.165) is 22.5 Å². The van der Waals surface area contributed by atoms with Gasteiger partial charge in [0.2, 0.25) is 10.0 Å². The first-order valence-corrected chi connectivity index (χ1v) is 11.7. The molecule has 0 saturated carbocycles. The first-order chi connectivity index (χ1) is 16.7. The number of sulfonamides is 1. The quantitative estimate of drug-likeness (QED) is 0.390. The molecule has 0 heterocycles. The molecule has 0 amide bonds. The van der Waals surface area contributed by atoms with Gasteiger partial charge in [0.05, 0.1) is 10.5 Å². The monoisotopic (exact) mass is 529 g/mol. The number of carboxylic acids is 1. The van der Waals surface area contributed by atoms with E-state index >= 15 is 0 Å². The average Bonchev–Trinajstić information content (AvgIpc) is 2.82. The van der Waals surface area contributed by atoms with Gasteiger partial charge in [-0.2, -0.15) is 17.5 Å². The standard InChI is InChI=1S/C24H20F5NO5S/c1-14(30(2)36(33,34)18-7-8-20(25)21(26)12-18)15-6-9-22(35-13-23(31)32)19(11-15)16-4-3-5-17(10-16)24(27,28)29/h3-12,14H,13H2,1-2H3,(H,31,32). The Kier molecular flexibility index (Phi) is 7.70. The Labute approximate surface area is 203 Å². The molecule has 3 aromatic carbocycles. The highest BCUT2D eigenvalue weighted by molar-refractivity contribution is 7.89. The Morgan fingerprint density at radius 2 is 1.72 bits per heavy atom. The van der Waals surface area contributed by atoms with E-state index in [1.54, 1.807) is 0 Å². The molecule has 3 rings (SSSR count). The van der Waals surface area contributed by atoms with Crippen molar-refractivity contribution >= 4 is 16.0 Å². The van der Waals surface area contributed by atoms with E-state index in [2.05, 4.69) is 0 Å². The number of aliphatic carboxylic acids is 1. The zero-order valence-electron chi connectivity index (χ0n) is 18.9. The average molecular weight is 529 g/mol. The van der Waals surface area contributed by atoms with Gasteiger partial charge in [0.25, 0.3) is 0 Å². The van der Waals surface area contributed by atoms with Crippen molar-refractivity contribution in [2.24, 2.45) is 0 Å². The number of benzene rings is 3. The lowest BCUT2D eigenvalue weighted by atomic mass is 9.97. The summed E-state index contributed by atoms with van der Waals surface area (Å²) in [5.74, 6) is -3.89. The maximum absolute atomic E-state index is 13.6. The zero-order chi connectivity index (χ0) is 26.8. The Bertz CT molecular complexity index is 1390. The number of nitrogens with zero attached hydrogens (tertiary/aromatic N) is 1. The molecule has 3 aromatic rings. The van der Waals surface area contributed by atoms with Gasteiger partial charge in [0.1, 0.15) is 5.75 Å². The van der Waals surface area contributed by atoms with Crippen molar-refractivity contribution < 1.29 is 45.0 Å². The highest BCUT2D eigenvalue weighted by atomic mass is 32.2. The van der Waals surface area contributed by atoms with Crippen LogP contribution in [0.25, 0.3) is 11.1 Å². The summed E-state index contributed by atoms with van der Waals surface area (Å²) in [6, 6.07) is 9.63. The van der Waals surface area contributed by atoms with Gasteiger partial charge in [-0.25, -0.2) is 22.0 Å². The highest BCUT2D eigenvalue weighted by Crippen LogP contribution is 2.38. The maximum atomic E-state index is 13.6.